The monoisotopic (exact) mass is 330 g/mol. The molecule has 0 bridgehead atoms. The molecule has 1 saturated heterocycles. The summed E-state index contributed by atoms with van der Waals surface area (Å²) < 4.78 is 27.4. The maximum absolute atomic E-state index is 12.8. The summed E-state index contributed by atoms with van der Waals surface area (Å²) in [5.74, 6) is -0.718. The molecule has 1 aromatic heterocycles. The Hall–Kier alpha value is -0.990. The molecule has 1 aliphatic carbocycles. The fraction of sp³-hybridized carbons (Fsp3) is 0.692. The standard InChI is InChI=1S/C13H18N2O4S2/c1-9-14-8-12(20-9)21(18,19)15-5-2-10(6-11(16)17)7-13(15)3-4-13/h8,10H,2-7H2,1H3,(H,16,17). The SMILES string of the molecule is Cc1ncc(S(=O)(=O)N2CCC(CC(=O)O)CC23CC3)s1. The first-order valence-electron chi connectivity index (χ1n) is 7.01. The number of hydrogen-bond acceptors (Lipinski definition) is 5. The van der Waals surface area contributed by atoms with Gasteiger partial charge in [0.15, 0.2) is 4.21 Å². The number of carbonyl (C=O) groups is 1. The maximum Gasteiger partial charge on any atom is 0.303 e. The smallest absolute Gasteiger partial charge is 0.303 e. The second-order valence-electron chi connectivity index (χ2n) is 5.96. The number of aliphatic carboxylic acids is 1. The molecule has 3 rings (SSSR count). The Kier molecular flexibility index (Phi) is 3.58. The number of aryl methyl sites for hydroxylation is 1. The number of sulfonamides is 1. The first-order valence-corrected chi connectivity index (χ1v) is 9.26. The number of carboxylic acid groups (broad SMARTS) is 1. The highest BCUT2D eigenvalue weighted by atomic mass is 32.2. The van der Waals surface area contributed by atoms with Crippen molar-refractivity contribution in [2.24, 2.45) is 5.92 Å². The highest BCUT2D eigenvalue weighted by Crippen LogP contribution is 2.52. The number of nitrogens with zero attached hydrogens (tertiary/aromatic N) is 2. The quantitative estimate of drug-likeness (QED) is 0.910. The van der Waals surface area contributed by atoms with Gasteiger partial charge >= 0.3 is 5.97 Å². The average Bonchev–Trinajstić information content (AvgIpc) is 2.97. The molecule has 8 heteroatoms. The van der Waals surface area contributed by atoms with Gasteiger partial charge in [0.1, 0.15) is 0 Å². The second-order valence-corrected chi connectivity index (χ2v) is 9.28. The number of thiazole rings is 1. The molecule has 6 nitrogen and oxygen atoms in total. The minimum absolute atomic E-state index is 0.0830. The van der Waals surface area contributed by atoms with Crippen molar-refractivity contribution >= 4 is 27.3 Å². The summed E-state index contributed by atoms with van der Waals surface area (Å²) in [6.07, 6.45) is 4.51. The third-order valence-corrected chi connectivity index (χ3v) is 7.73. The van der Waals surface area contributed by atoms with Crippen LogP contribution in [0.4, 0.5) is 0 Å². The first-order chi connectivity index (χ1) is 9.83. The van der Waals surface area contributed by atoms with Crippen LogP contribution < -0.4 is 0 Å². The Bertz CT molecular complexity index is 663. The Morgan fingerprint density at radius 1 is 1.57 bits per heavy atom. The van der Waals surface area contributed by atoms with E-state index in [9.17, 15) is 13.2 Å². The van der Waals surface area contributed by atoms with E-state index in [1.54, 1.807) is 11.2 Å². The predicted octanol–water partition coefficient (Wildman–Crippen LogP) is 1.86. The van der Waals surface area contributed by atoms with E-state index in [1.165, 1.54) is 17.5 Å². The Morgan fingerprint density at radius 2 is 2.29 bits per heavy atom. The highest BCUT2D eigenvalue weighted by Gasteiger charge is 2.56. The summed E-state index contributed by atoms with van der Waals surface area (Å²) in [4.78, 5) is 14.9. The van der Waals surface area contributed by atoms with Gasteiger partial charge in [-0.1, -0.05) is 0 Å². The van der Waals surface area contributed by atoms with Gasteiger partial charge in [0.25, 0.3) is 10.0 Å². The molecule has 2 heterocycles. The van der Waals surface area contributed by atoms with Crippen LogP contribution in [-0.2, 0) is 14.8 Å². The summed E-state index contributed by atoms with van der Waals surface area (Å²) in [5.41, 5.74) is -0.338. The van der Waals surface area contributed by atoms with E-state index >= 15 is 0 Å². The highest BCUT2D eigenvalue weighted by molar-refractivity contribution is 7.91. The zero-order valence-electron chi connectivity index (χ0n) is 11.8. The van der Waals surface area contributed by atoms with Gasteiger partial charge < -0.3 is 5.11 Å². The molecular weight excluding hydrogens is 312 g/mol. The Morgan fingerprint density at radius 3 is 2.81 bits per heavy atom. The van der Waals surface area contributed by atoms with Crippen molar-refractivity contribution in [2.75, 3.05) is 6.54 Å². The second kappa shape index (κ2) is 5.03. The minimum atomic E-state index is -3.50. The average molecular weight is 330 g/mol. The van der Waals surface area contributed by atoms with E-state index in [4.69, 9.17) is 5.11 Å². The van der Waals surface area contributed by atoms with Crippen LogP contribution in [0.5, 0.6) is 0 Å². The van der Waals surface area contributed by atoms with Crippen molar-refractivity contribution in [3.8, 4) is 0 Å². The lowest BCUT2D eigenvalue weighted by atomic mass is 9.88. The van der Waals surface area contributed by atoms with E-state index in [0.717, 1.165) is 17.8 Å². The summed E-state index contributed by atoms with van der Waals surface area (Å²) in [6.45, 7) is 2.20. The lowest BCUT2D eigenvalue weighted by molar-refractivity contribution is -0.138. The number of aromatic nitrogens is 1. The van der Waals surface area contributed by atoms with Gasteiger partial charge in [-0.25, -0.2) is 13.4 Å². The van der Waals surface area contributed by atoms with Gasteiger partial charge in [-0.05, 0) is 38.5 Å². The molecule has 2 fully saturated rings. The lowest BCUT2D eigenvalue weighted by Gasteiger charge is -2.38. The van der Waals surface area contributed by atoms with Crippen molar-refractivity contribution in [3.05, 3.63) is 11.2 Å². The lowest BCUT2D eigenvalue weighted by Crippen LogP contribution is -2.47. The van der Waals surface area contributed by atoms with Gasteiger partial charge in [-0.3, -0.25) is 4.79 Å². The topological polar surface area (TPSA) is 87.6 Å². The minimum Gasteiger partial charge on any atom is -0.481 e. The van der Waals surface area contributed by atoms with Crippen LogP contribution in [0.2, 0.25) is 0 Å². The molecule has 1 aliphatic heterocycles. The van der Waals surface area contributed by atoms with Crippen molar-refractivity contribution in [3.63, 3.8) is 0 Å². The molecule has 116 valence electrons. The van der Waals surface area contributed by atoms with E-state index in [1.807, 2.05) is 0 Å². The van der Waals surface area contributed by atoms with Crippen LogP contribution in [0.1, 0.15) is 37.1 Å². The van der Waals surface area contributed by atoms with Crippen LogP contribution in [0.25, 0.3) is 0 Å². The van der Waals surface area contributed by atoms with Crippen molar-refractivity contribution in [2.45, 2.75) is 48.8 Å². The van der Waals surface area contributed by atoms with E-state index < -0.39 is 16.0 Å². The summed E-state index contributed by atoms with van der Waals surface area (Å²) in [5, 5.41) is 9.66. The molecule has 1 unspecified atom stereocenters. The molecule has 1 N–H and O–H groups in total. The van der Waals surface area contributed by atoms with Crippen LogP contribution >= 0.6 is 11.3 Å². The number of hydrogen-bond donors (Lipinski definition) is 1. The van der Waals surface area contributed by atoms with Gasteiger partial charge in [0, 0.05) is 18.5 Å². The molecule has 21 heavy (non-hydrogen) atoms. The van der Waals surface area contributed by atoms with E-state index in [0.29, 0.717) is 23.6 Å². The zero-order valence-corrected chi connectivity index (χ0v) is 13.4. The third-order valence-electron chi connectivity index (χ3n) is 4.37. The molecule has 1 spiro atoms. The summed E-state index contributed by atoms with van der Waals surface area (Å²) >= 11 is 1.19. The molecule has 1 aromatic rings. The van der Waals surface area contributed by atoms with Gasteiger partial charge in [-0.2, -0.15) is 4.31 Å². The zero-order chi connectivity index (χ0) is 15.3. The molecular formula is C13H18N2O4S2. The van der Waals surface area contributed by atoms with Crippen LogP contribution in [0.15, 0.2) is 10.4 Å². The van der Waals surface area contributed by atoms with Crippen molar-refractivity contribution in [1.29, 1.82) is 0 Å². The van der Waals surface area contributed by atoms with Crippen LogP contribution in [0.3, 0.4) is 0 Å². The first kappa shape index (κ1) is 14.9. The predicted molar refractivity (Wildman–Crippen MR) is 77.7 cm³/mol. The maximum atomic E-state index is 12.8. The molecule has 0 radical (unpaired) electrons. The molecule has 1 saturated carbocycles. The van der Waals surface area contributed by atoms with Gasteiger partial charge in [0.05, 0.1) is 11.2 Å². The number of piperidine rings is 1. The fourth-order valence-corrected chi connectivity index (χ4v) is 6.31. The largest absolute Gasteiger partial charge is 0.481 e. The molecule has 0 amide bonds. The van der Waals surface area contributed by atoms with Gasteiger partial charge in [0.2, 0.25) is 0 Å². The normalized spacial score (nSPS) is 25.1. The molecule has 1 atom stereocenters. The van der Waals surface area contributed by atoms with E-state index in [2.05, 4.69) is 4.98 Å². The number of carboxylic acids is 1. The van der Waals surface area contributed by atoms with Crippen LogP contribution in [0, 0.1) is 12.8 Å². The third kappa shape index (κ3) is 2.72. The molecule has 0 aromatic carbocycles. The van der Waals surface area contributed by atoms with Crippen molar-refractivity contribution < 1.29 is 18.3 Å². The van der Waals surface area contributed by atoms with Crippen LogP contribution in [-0.4, -0.2) is 40.9 Å². The summed E-state index contributed by atoms with van der Waals surface area (Å²) in [7, 11) is -3.50. The van der Waals surface area contributed by atoms with Gasteiger partial charge in [-0.15, -0.1) is 11.3 Å². The van der Waals surface area contributed by atoms with E-state index in [-0.39, 0.29) is 17.9 Å². The number of rotatable bonds is 4. The Labute approximate surface area is 127 Å². The van der Waals surface area contributed by atoms with Crippen molar-refractivity contribution in [1.82, 2.24) is 9.29 Å². The Balaban J connectivity index is 1.83. The molecule has 2 aliphatic rings. The summed E-state index contributed by atoms with van der Waals surface area (Å²) in [6, 6.07) is 0. The fourth-order valence-electron chi connectivity index (χ4n) is 3.24.